The van der Waals surface area contributed by atoms with E-state index in [0.717, 1.165) is 42.6 Å². The van der Waals surface area contributed by atoms with Gasteiger partial charge in [0.05, 0.1) is 4.47 Å². The van der Waals surface area contributed by atoms with E-state index in [2.05, 4.69) is 21.2 Å². The van der Waals surface area contributed by atoms with Crippen LogP contribution in [0.5, 0.6) is 0 Å². The topological polar surface area (TPSA) is 12.0 Å². The summed E-state index contributed by atoms with van der Waals surface area (Å²) in [5.41, 5.74) is 3.17. The normalized spacial score (nSPS) is 21.1. The first-order valence-corrected chi connectivity index (χ1v) is 6.56. The van der Waals surface area contributed by atoms with Gasteiger partial charge in [0.25, 0.3) is 0 Å². The Hall–Kier alpha value is -0.410. The van der Waals surface area contributed by atoms with Crippen molar-refractivity contribution in [3.63, 3.8) is 0 Å². The number of halogens is 2. The molecule has 1 atom stereocenters. The lowest BCUT2D eigenvalue weighted by molar-refractivity contribution is 0.443. The molecular formula is C13H17BrFN. The summed E-state index contributed by atoms with van der Waals surface area (Å²) >= 11 is 3.30. The summed E-state index contributed by atoms with van der Waals surface area (Å²) in [6.45, 7) is 6.02. The molecule has 0 aromatic heterocycles. The van der Waals surface area contributed by atoms with Crippen LogP contribution in [0.4, 0.5) is 4.39 Å². The summed E-state index contributed by atoms with van der Waals surface area (Å²) in [7, 11) is 0. The van der Waals surface area contributed by atoms with Crippen LogP contribution in [0.15, 0.2) is 10.5 Å². The minimum Gasteiger partial charge on any atom is -0.316 e. The lowest BCUT2D eigenvalue weighted by atomic mass is 9.87. The number of aryl methyl sites for hydroxylation is 1. The molecule has 0 aliphatic carbocycles. The van der Waals surface area contributed by atoms with E-state index in [0.29, 0.717) is 10.4 Å². The van der Waals surface area contributed by atoms with Gasteiger partial charge in [0, 0.05) is 6.54 Å². The molecule has 0 saturated carbocycles. The van der Waals surface area contributed by atoms with Gasteiger partial charge >= 0.3 is 0 Å². The number of nitrogens with one attached hydrogen (secondary N) is 1. The van der Waals surface area contributed by atoms with Crippen molar-refractivity contribution in [2.24, 2.45) is 0 Å². The van der Waals surface area contributed by atoms with E-state index < -0.39 is 0 Å². The maximum absolute atomic E-state index is 14.2. The lowest BCUT2D eigenvalue weighted by Crippen LogP contribution is -2.29. The van der Waals surface area contributed by atoms with E-state index in [9.17, 15) is 4.39 Å². The molecule has 3 heteroatoms. The van der Waals surface area contributed by atoms with Gasteiger partial charge < -0.3 is 5.32 Å². The van der Waals surface area contributed by atoms with Gasteiger partial charge in [-0.15, -0.1) is 0 Å². The summed E-state index contributed by atoms with van der Waals surface area (Å²) in [6, 6.07) is 1.87. The predicted octanol–water partition coefficient (Wildman–Crippen LogP) is 3.67. The van der Waals surface area contributed by atoms with Crippen LogP contribution < -0.4 is 5.32 Å². The van der Waals surface area contributed by atoms with Crippen LogP contribution in [0.2, 0.25) is 0 Å². The first-order chi connectivity index (χ1) is 7.61. The lowest BCUT2D eigenvalue weighted by Gasteiger charge is -2.26. The van der Waals surface area contributed by atoms with Gasteiger partial charge in [-0.2, -0.15) is 0 Å². The fraction of sp³-hybridized carbons (Fsp3) is 0.538. The highest BCUT2D eigenvalue weighted by Gasteiger charge is 2.22. The molecule has 1 unspecified atom stereocenters. The number of hydrogen-bond acceptors (Lipinski definition) is 1. The molecular weight excluding hydrogens is 269 g/mol. The van der Waals surface area contributed by atoms with E-state index in [1.54, 1.807) is 0 Å². The van der Waals surface area contributed by atoms with Gasteiger partial charge in [0.1, 0.15) is 5.82 Å². The van der Waals surface area contributed by atoms with E-state index in [1.165, 1.54) is 0 Å². The number of hydrogen-bond donors (Lipinski definition) is 1. The van der Waals surface area contributed by atoms with Crippen LogP contribution in [0.1, 0.15) is 35.4 Å². The quantitative estimate of drug-likeness (QED) is 0.830. The molecule has 0 spiro atoms. The Labute approximate surface area is 105 Å². The van der Waals surface area contributed by atoms with Crippen molar-refractivity contribution in [2.75, 3.05) is 13.1 Å². The molecule has 88 valence electrons. The second kappa shape index (κ2) is 4.84. The Kier molecular flexibility index (Phi) is 3.65. The highest BCUT2D eigenvalue weighted by molar-refractivity contribution is 9.10. The molecule has 2 rings (SSSR count). The van der Waals surface area contributed by atoms with E-state index in [1.807, 2.05) is 19.9 Å². The van der Waals surface area contributed by atoms with Crippen LogP contribution in [0.25, 0.3) is 0 Å². The highest BCUT2D eigenvalue weighted by atomic mass is 79.9. The summed E-state index contributed by atoms with van der Waals surface area (Å²) in [6.07, 6.45) is 2.22. The molecule has 0 radical (unpaired) electrons. The van der Waals surface area contributed by atoms with Gasteiger partial charge in [-0.05, 0) is 77.8 Å². The highest BCUT2D eigenvalue weighted by Crippen LogP contribution is 2.33. The fourth-order valence-electron chi connectivity index (χ4n) is 2.45. The minimum atomic E-state index is -0.0724. The Bertz CT molecular complexity index is 371. The summed E-state index contributed by atoms with van der Waals surface area (Å²) in [5.74, 6) is 0.252. The largest absolute Gasteiger partial charge is 0.316 e. The molecule has 1 aliphatic rings. The zero-order valence-corrected chi connectivity index (χ0v) is 11.3. The standard InChI is InChI=1S/C13H17BrFN/c1-8-6-11(14)13(15)12(9(8)2)10-4-3-5-16-7-10/h6,10,16H,3-5,7H2,1-2H3. The Balaban J connectivity index is 2.45. The van der Waals surface area contributed by atoms with Gasteiger partial charge in [-0.25, -0.2) is 4.39 Å². The number of rotatable bonds is 1. The molecule has 1 N–H and O–H groups in total. The molecule has 0 amide bonds. The number of benzene rings is 1. The van der Waals surface area contributed by atoms with Crippen molar-refractivity contribution in [2.45, 2.75) is 32.6 Å². The molecule has 1 aliphatic heterocycles. The molecule has 1 fully saturated rings. The van der Waals surface area contributed by atoms with Crippen molar-refractivity contribution in [1.82, 2.24) is 5.32 Å². The SMILES string of the molecule is Cc1cc(Br)c(F)c(C2CCCNC2)c1C. The Morgan fingerprint density at radius 2 is 2.19 bits per heavy atom. The zero-order valence-electron chi connectivity index (χ0n) is 9.74. The molecule has 1 saturated heterocycles. The predicted molar refractivity (Wildman–Crippen MR) is 68.4 cm³/mol. The summed E-state index contributed by atoms with van der Waals surface area (Å²) in [5, 5.41) is 3.34. The molecule has 1 aromatic carbocycles. The van der Waals surface area contributed by atoms with Gasteiger partial charge in [0.15, 0.2) is 0 Å². The minimum absolute atomic E-state index is 0.0724. The molecule has 16 heavy (non-hydrogen) atoms. The van der Waals surface area contributed by atoms with Crippen LogP contribution in [-0.2, 0) is 0 Å². The third-order valence-corrected chi connectivity index (χ3v) is 4.07. The van der Waals surface area contributed by atoms with Crippen LogP contribution in [0.3, 0.4) is 0 Å². The first kappa shape index (κ1) is 12.1. The van der Waals surface area contributed by atoms with Crippen molar-refractivity contribution in [3.05, 3.63) is 33.0 Å². The molecule has 1 nitrogen and oxygen atoms in total. The van der Waals surface area contributed by atoms with Gasteiger partial charge in [-0.1, -0.05) is 0 Å². The van der Waals surface area contributed by atoms with E-state index in [-0.39, 0.29) is 5.82 Å². The third-order valence-electron chi connectivity index (χ3n) is 3.49. The molecule has 1 aromatic rings. The first-order valence-electron chi connectivity index (χ1n) is 5.77. The van der Waals surface area contributed by atoms with Crippen molar-refractivity contribution < 1.29 is 4.39 Å². The number of piperidine rings is 1. The van der Waals surface area contributed by atoms with E-state index in [4.69, 9.17) is 0 Å². The Morgan fingerprint density at radius 3 is 2.81 bits per heavy atom. The Morgan fingerprint density at radius 1 is 1.44 bits per heavy atom. The average Bonchev–Trinajstić information content (AvgIpc) is 2.28. The average molecular weight is 286 g/mol. The maximum Gasteiger partial charge on any atom is 0.141 e. The van der Waals surface area contributed by atoms with Gasteiger partial charge in [-0.3, -0.25) is 0 Å². The summed E-state index contributed by atoms with van der Waals surface area (Å²) < 4.78 is 14.7. The third kappa shape index (κ3) is 2.16. The van der Waals surface area contributed by atoms with Crippen molar-refractivity contribution >= 4 is 15.9 Å². The van der Waals surface area contributed by atoms with Crippen molar-refractivity contribution in [1.29, 1.82) is 0 Å². The fourth-order valence-corrected chi connectivity index (χ4v) is 3.01. The van der Waals surface area contributed by atoms with Crippen molar-refractivity contribution in [3.8, 4) is 0 Å². The zero-order chi connectivity index (χ0) is 11.7. The van der Waals surface area contributed by atoms with Crippen LogP contribution in [0, 0.1) is 19.7 Å². The van der Waals surface area contributed by atoms with Crippen LogP contribution >= 0.6 is 15.9 Å². The molecule has 0 bridgehead atoms. The second-order valence-electron chi connectivity index (χ2n) is 4.57. The summed E-state index contributed by atoms with van der Waals surface area (Å²) in [4.78, 5) is 0. The molecule has 1 heterocycles. The van der Waals surface area contributed by atoms with Gasteiger partial charge in [0.2, 0.25) is 0 Å². The smallest absolute Gasteiger partial charge is 0.141 e. The van der Waals surface area contributed by atoms with Crippen LogP contribution in [-0.4, -0.2) is 13.1 Å². The second-order valence-corrected chi connectivity index (χ2v) is 5.43. The maximum atomic E-state index is 14.2. The van der Waals surface area contributed by atoms with E-state index >= 15 is 0 Å². The monoisotopic (exact) mass is 285 g/mol.